The van der Waals surface area contributed by atoms with Gasteiger partial charge in [0.25, 0.3) is 0 Å². The molecule has 0 aliphatic heterocycles. The van der Waals surface area contributed by atoms with Crippen molar-refractivity contribution in [2.75, 3.05) is 10.6 Å². The normalized spacial score (nSPS) is 10.3. The van der Waals surface area contributed by atoms with Crippen molar-refractivity contribution >= 4 is 27.5 Å². The molecule has 0 saturated carbocycles. The summed E-state index contributed by atoms with van der Waals surface area (Å²) in [5.74, 6) is 0.403. The molecule has 0 aromatic heterocycles. The van der Waals surface area contributed by atoms with E-state index in [0.717, 1.165) is 5.69 Å². The third-order valence-corrected chi connectivity index (χ3v) is 2.49. The van der Waals surface area contributed by atoms with E-state index in [4.69, 9.17) is 0 Å². The van der Waals surface area contributed by atoms with Gasteiger partial charge in [0.2, 0.25) is 5.91 Å². The van der Waals surface area contributed by atoms with Crippen LogP contribution in [0.1, 0.15) is 25.3 Å². The summed E-state index contributed by atoms with van der Waals surface area (Å²) in [6, 6.07) is 7.87. The van der Waals surface area contributed by atoms with Gasteiger partial charge in [-0.1, -0.05) is 48.0 Å². The van der Waals surface area contributed by atoms with E-state index in [9.17, 15) is 4.79 Å². The molecule has 0 radical (unpaired) electrons. The molecule has 1 aromatic carbocycles. The van der Waals surface area contributed by atoms with Crippen molar-refractivity contribution in [2.45, 2.75) is 19.8 Å². The molecule has 76 valence electrons. The smallest absolute Gasteiger partial charge is 0.235 e. The number of amides is 1. The minimum atomic E-state index is -0.0156. The van der Waals surface area contributed by atoms with E-state index in [2.05, 4.69) is 35.1 Å². The Morgan fingerprint density at radius 3 is 2.64 bits per heavy atom. The Balaban J connectivity index is 2.90. The van der Waals surface area contributed by atoms with Crippen LogP contribution in [0.15, 0.2) is 24.3 Å². The first-order valence-electron chi connectivity index (χ1n) is 4.60. The number of alkyl halides is 1. The second-order valence-electron chi connectivity index (χ2n) is 3.42. The largest absolute Gasteiger partial charge is 0.325 e. The number of anilines is 1. The molecular weight excluding hydrogens is 242 g/mol. The Kier molecular flexibility index (Phi) is 4.14. The molecule has 1 amide bonds. The number of halogens is 1. The van der Waals surface area contributed by atoms with Crippen molar-refractivity contribution < 1.29 is 4.79 Å². The van der Waals surface area contributed by atoms with Crippen LogP contribution in [0.2, 0.25) is 0 Å². The van der Waals surface area contributed by atoms with Crippen LogP contribution in [0.4, 0.5) is 5.69 Å². The van der Waals surface area contributed by atoms with Gasteiger partial charge in [0.1, 0.15) is 0 Å². The van der Waals surface area contributed by atoms with Crippen molar-refractivity contribution in [1.29, 1.82) is 0 Å². The standard InChI is InChI=1S/C11H14BrNO/c1-8(2)9-5-3-4-6-10(9)13-11(14)7-12/h3-6,8H,7H2,1-2H3,(H,13,14). The molecule has 14 heavy (non-hydrogen) atoms. The summed E-state index contributed by atoms with van der Waals surface area (Å²) in [6.45, 7) is 4.22. The average Bonchev–Trinajstić information content (AvgIpc) is 2.18. The molecule has 0 aliphatic rings. The third-order valence-electron chi connectivity index (χ3n) is 1.98. The number of nitrogens with one attached hydrogen (secondary N) is 1. The van der Waals surface area contributed by atoms with Crippen molar-refractivity contribution in [3.63, 3.8) is 0 Å². The summed E-state index contributed by atoms with van der Waals surface area (Å²) in [7, 11) is 0. The van der Waals surface area contributed by atoms with E-state index >= 15 is 0 Å². The van der Waals surface area contributed by atoms with Crippen molar-refractivity contribution in [2.24, 2.45) is 0 Å². The molecule has 0 fully saturated rings. The summed E-state index contributed by atoms with van der Waals surface area (Å²) >= 11 is 3.12. The van der Waals surface area contributed by atoms with E-state index < -0.39 is 0 Å². The van der Waals surface area contributed by atoms with Gasteiger partial charge in [-0.25, -0.2) is 0 Å². The molecule has 0 saturated heterocycles. The predicted molar refractivity (Wildman–Crippen MR) is 63.0 cm³/mol. The quantitative estimate of drug-likeness (QED) is 0.827. The maximum Gasteiger partial charge on any atom is 0.235 e. The molecule has 0 atom stereocenters. The van der Waals surface area contributed by atoms with Gasteiger partial charge >= 0.3 is 0 Å². The molecular formula is C11H14BrNO. The summed E-state index contributed by atoms with van der Waals surface area (Å²) in [6.07, 6.45) is 0. The van der Waals surface area contributed by atoms with Gasteiger partial charge in [0, 0.05) is 5.69 Å². The molecule has 0 heterocycles. The van der Waals surface area contributed by atoms with Crippen LogP contribution in [-0.2, 0) is 4.79 Å². The highest BCUT2D eigenvalue weighted by Gasteiger charge is 2.07. The molecule has 1 aromatic rings. The fourth-order valence-electron chi connectivity index (χ4n) is 1.30. The number of benzene rings is 1. The fraction of sp³-hybridized carbons (Fsp3) is 0.364. The zero-order chi connectivity index (χ0) is 10.6. The lowest BCUT2D eigenvalue weighted by molar-refractivity contribution is -0.113. The van der Waals surface area contributed by atoms with Crippen molar-refractivity contribution in [3.8, 4) is 0 Å². The fourth-order valence-corrected chi connectivity index (χ4v) is 1.44. The monoisotopic (exact) mass is 255 g/mol. The summed E-state index contributed by atoms with van der Waals surface area (Å²) in [5.41, 5.74) is 2.08. The first kappa shape index (κ1) is 11.2. The number of hydrogen-bond donors (Lipinski definition) is 1. The van der Waals surface area contributed by atoms with Crippen LogP contribution < -0.4 is 5.32 Å². The third kappa shape index (κ3) is 2.84. The number of para-hydroxylation sites is 1. The maximum absolute atomic E-state index is 11.2. The molecule has 0 bridgehead atoms. The van der Waals surface area contributed by atoms with Gasteiger partial charge in [-0.05, 0) is 17.5 Å². The molecule has 1 N–H and O–H groups in total. The first-order chi connectivity index (χ1) is 6.65. The Morgan fingerprint density at radius 2 is 2.07 bits per heavy atom. The van der Waals surface area contributed by atoms with E-state index in [-0.39, 0.29) is 5.91 Å². The van der Waals surface area contributed by atoms with Gasteiger partial charge in [0.15, 0.2) is 0 Å². The lowest BCUT2D eigenvalue weighted by Crippen LogP contribution is -2.14. The molecule has 3 heteroatoms. The highest BCUT2D eigenvalue weighted by Crippen LogP contribution is 2.23. The SMILES string of the molecule is CC(C)c1ccccc1NC(=O)CBr. The Labute approximate surface area is 92.8 Å². The average molecular weight is 256 g/mol. The van der Waals surface area contributed by atoms with Crippen LogP contribution >= 0.6 is 15.9 Å². The first-order valence-corrected chi connectivity index (χ1v) is 5.72. The van der Waals surface area contributed by atoms with E-state index in [1.165, 1.54) is 5.56 Å². The highest BCUT2D eigenvalue weighted by molar-refractivity contribution is 9.09. The molecule has 0 spiro atoms. The van der Waals surface area contributed by atoms with Crippen LogP contribution in [0.25, 0.3) is 0 Å². The summed E-state index contributed by atoms with van der Waals surface area (Å²) < 4.78 is 0. The van der Waals surface area contributed by atoms with Gasteiger partial charge in [-0.3, -0.25) is 4.79 Å². The van der Waals surface area contributed by atoms with E-state index in [1.54, 1.807) is 0 Å². The molecule has 0 unspecified atom stereocenters. The number of carbonyl (C=O) groups is 1. The Hall–Kier alpha value is -0.830. The Bertz CT molecular complexity index is 323. The van der Waals surface area contributed by atoms with Crippen LogP contribution in [-0.4, -0.2) is 11.2 Å². The van der Waals surface area contributed by atoms with Gasteiger partial charge in [-0.15, -0.1) is 0 Å². The van der Waals surface area contributed by atoms with Crippen molar-refractivity contribution in [1.82, 2.24) is 0 Å². The minimum absolute atomic E-state index is 0.0156. The van der Waals surface area contributed by atoms with Gasteiger partial charge in [-0.2, -0.15) is 0 Å². The molecule has 0 aliphatic carbocycles. The Morgan fingerprint density at radius 1 is 1.43 bits per heavy atom. The van der Waals surface area contributed by atoms with Crippen LogP contribution in [0, 0.1) is 0 Å². The van der Waals surface area contributed by atoms with Crippen molar-refractivity contribution in [3.05, 3.63) is 29.8 Å². The minimum Gasteiger partial charge on any atom is -0.325 e. The summed E-state index contributed by atoms with van der Waals surface area (Å²) in [4.78, 5) is 11.2. The topological polar surface area (TPSA) is 29.1 Å². The van der Waals surface area contributed by atoms with Gasteiger partial charge in [0.05, 0.1) is 5.33 Å². The van der Waals surface area contributed by atoms with E-state index in [1.807, 2.05) is 24.3 Å². The molecule has 1 rings (SSSR count). The number of carbonyl (C=O) groups excluding carboxylic acids is 1. The molecule has 2 nitrogen and oxygen atoms in total. The number of hydrogen-bond acceptors (Lipinski definition) is 1. The van der Waals surface area contributed by atoms with E-state index in [0.29, 0.717) is 11.2 Å². The van der Waals surface area contributed by atoms with Crippen LogP contribution in [0.3, 0.4) is 0 Å². The summed E-state index contributed by atoms with van der Waals surface area (Å²) in [5, 5.41) is 3.19. The number of rotatable bonds is 3. The van der Waals surface area contributed by atoms with Crippen LogP contribution in [0.5, 0.6) is 0 Å². The second kappa shape index (κ2) is 5.15. The lowest BCUT2D eigenvalue weighted by Gasteiger charge is -2.12. The predicted octanol–water partition coefficient (Wildman–Crippen LogP) is 3.14. The second-order valence-corrected chi connectivity index (χ2v) is 3.98. The maximum atomic E-state index is 11.2. The highest BCUT2D eigenvalue weighted by atomic mass is 79.9. The zero-order valence-electron chi connectivity index (χ0n) is 8.38. The lowest BCUT2D eigenvalue weighted by atomic mass is 10.0. The zero-order valence-corrected chi connectivity index (χ0v) is 9.97. The van der Waals surface area contributed by atoms with Gasteiger partial charge < -0.3 is 5.32 Å².